The largest absolute Gasteiger partial charge is 0.418 e. The molecule has 0 spiro atoms. The second-order valence-electron chi connectivity index (χ2n) is 7.40. The molecule has 3 rings (SSSR count). The molecule has 0 aliphatic heterocycles. The van der Waals surface area contributed by atoms with E-state index in [0.717, 1.165) is 30.5 Å². The van der Waals surface area contributed by atoms with E-state index in [9.17, 15) is 35.6 Å². The van der Waals surface area contributed by atoms with Gasteiger partial charge in [-0.05, 0) is 55.0 Å². The molecule has 11 heteroatoms. The van der Waals surface area contributed by atoms with Crippen LogP contribution in [0.1, 0.15) is 31.8 Å². The maximum atomic E-state index is 13.8. The summed E-state index contributed by atoms with van der Waals surface area (Å²) in [6.07, 6.45) is -3.97. The van der Waals surface area contributed by atoms with Crippen molar-refractivity contribution in [3.8, 4) is 0 Å². The fraction of sp³-hybridized carbons (Fsp3) is 0.130. The van der Waals surface area contributed by atoms with Gasteiger partial charge in [-0.1, -0.05) is 18.2 Å². The van der Waals surface area contributed by atoms with Crippen LogP contribution >= 0.6 is 0 Å². The number of hydrogen-bond donors (Lipinski definition) is 2. The van der Waals surface area contributed by atoms with Crippen molar-refractivity contribution >= 4 is 33.0 Å². The molecule has 0 bridgehead atoms. The number of alkyl halides is 3. The highest BCUT2D eigenvalue weighted by atomic mass is 32.2. The molecule has 3 aromatic carbocycles. The molecule has 0 saturated carbocycles. The van der Waals surface area contributed by atoms with Crippen LogP contribution in [0.3, 0.4) is 0 Å². The van der Waals surface area contributed by atoms with Gasteiger partial charge in [0.05, 0.1) is 21.7 Å². The monoisotopic (exact) mass is 494 g/mol. The van der Waals surface area contributed by atoms with Gasteiger partial charge in [-0.15, -0.1) is 0 Å². The minimum absolute atomic E-state index is 0.118. The Balaban J connectivity index is 1.93. The van der Waals surface area contributed by atoms with Gasteiger partial charge in [0.1, 0.15) is 5.82 Å². The number of nitrogens with one attached hydrogen (secondary N) is 2. The van der Waals surface area contributed by atoms with Crippen LogP contribution in [0.5, 0.6) is 0 Å². The van der Waals surface area contributed by atoms with E-state index >= 15 is 0 Å². The number of aryl methyl sites for hydroxylation is 1. The number of carbonyl (C=O) groups is 2. The molecule has 0 atom stereocenters. The van der Waals surface area contributed by atoms with Gasteiger partial charge in [0.15, 0.2) is 9.84 Å². The van der Waals surface area contributed by atoms with Crippen molar-refractivity contribution in [2.45, 2.75) is 18.0 Å². The first-order valence-electron chi connectivity index (χ1n) is 9.66. The zero-order valence-corrected chi connectivity index (χ0v) is 18.6. The molecule has 0 aromatic heterocycles. The van der Waals surface area contributed by atoms with Crippen molar-refractivity contribution < 1.29 is 35.6 Å². The lowest BCUT2D eigenvalue weighted by molar-refractivity contribution is -0.136. The summed E-state index contributed by atoms with van der Waals surface area (Å²) < 4.78 is 78.4. The zero-order chi connectivity index (χ0) is 25.3. The fourth-order valence-electron chi connectivity index (χ4n) is 3.08. The van der Waals surface area contributed by atoms with Crippen LogP contribution < -0.4 is 10.6 Å². The predicted octanol–water partition coefficient (Wildman–Crippen LogP) is 5.06. The minimum atomic E-state index is -4.91. The summed E-state index contributed by atoms with van der Waals surface area (Å²) in [5, 5.41) is 4.35. The van der Waals surface area contributed by atoms with Gasteiger partial charge in [0.2, 0.25) is 0 Å². The molecular formula is C23H18F4N2O4S. The van der Waals surface area contributed by atoms with Crippen LogP contribution in [-0.2, 0) is 16.0 Å². The third kappa shape index (κ3) is 5.60. The summed E-state index contributed by atoms with van der Waals surface area (Å²) in [7, 11) is -3.65. The third-order valence-corrected chi connectivity index (χ3v) is 5.94. The number of anilines is 2. The second kappa shape index (κ2) is 9.26. The molecule has 0 saturated heterocycles. The summed E-state index contributed by atoms with van der Waals surface area (Å²) in [5.74, 6) is -2.74. The number of benzene rings is 3. The van der Waals surface area contributed by atoms with Crippen molar-refractivity contribution in [3.63, 3.8) is 0 Å². The maximum absolute atomic E-state index is 13.8. The van der Waals surface area contributed by atoms with Crippen LogP contribution in [0.2, 0.25) is 0 Å². The molecule has 2 N–H and O–H groups in total. The SMILES string of the molecule is Cc1ccc(S(C)(=O)=O)cc1C(=O)Nc1ccc(NC(=O)c2ccccc2F)cc1C(F)(F)F. The van der Waals surface area contributed by atoms with Crippen LogP contribution in [0.15, 0.2) is 65.6 Å². The second-order valence-corrected chi connectivity index (χ2v) is 9.41. The van der Waals surface area contributed by atoms with Crippen molar-refractivity contribution in [2.75, 3.05) is 16.9 Å². The summed E-state index contributed by atoms with van der Waals surface area (Å²) in [4.78, 5) is 24.8. The first-order chi connectivity index (χ1) is 15.8. The summed E-state index contributed by atoms with van der Waals surface area (Å²) in [5.41, 5.74) is -2.25. The Bertz CT molecular complexity index is 1390. The highest BCUT2D eigenvalue weighted by molar-refractivity contribution is 7.90. The minimum Gasteiger partial charge on any atom is -0.322 e. The van der Waals surface area contributed by atoms with Crippen molar-refractivity contribution in [1.82, 2.24) is 0 Å². The number of halogens is 4. The Morgan fingerprint density at radius 1 is 0.853 bits per heavy atom. The fourth-order valence-corrected chi connectivity index (χ4v) is 3.72. The van der Waals surface area contributed by atoms with Gasteiger partial charge < -0.3 is 10.6 Å². The van der Waals surface area contributed by atoms with E-state index in [4.69, 9.17) is 0 Å². The first kappa shape index (κ1) is 24.9. The Kier molecular flexibility index (Phi) is 6.78. The molecule has 0 radical (unpaired) electrons. The molecule has 0 aliphatic rings. The Labute approximate surface area is 192 Å². The molecule has 0 unspecified atom stereocenters. The lowest BCUT2D eigenvalue weighted by Crippen LogP contribution is -2.19. The Morgan fingerprint density at radius 3 is 2.12 bits per heavy atom. The molecule has 0 heterocycles. The first-order valence-corrected chi connectivity index (χ1v) is 11.6. The zero-order valence-electron chi connectivity index (χ0n) is 17.8. The highest BCUT2D eigenvalue weighted by Crippen LogP contribution is 2.37. The van der Waals surface area contributed by atoms with E-state index in [0.29, 0.717) is 11.6 Å². The number of amides is 2. The number of sulfone groups is 1. The average Bonchev–Trinajstić information content (AvgIpc) is 2.73. The number of rotatable bonds is 5. The van der Waals surface area contributed by atoms with Gasteiger partial charge >= 0.3 is 6.18 Å². The molecule has 2 amide bonds. The summed E-state index contributed by atoms with van der Waals surface area (Å²) >= 11 is 0. The molecule has 178 valence electrons. The van der Waals surface area contributed by atoms with E-state index < -0.39 is 44.9 Å². The smallest absolute Gasteiger partial charge is 0.322 e. The normalized spacial score (nSPS) is 11.7. The Morgan fingerprint density at radius 2 is 1.50 bits per heavy atom. The van der Waals surface area contributed by atoms with Crippen LogP contribution in [0.25, 0.3) is 0 Å². The molecule has 6 nitrogen and oxygen atoms in total. The molecule has 0 aliphatic carbocycles. The van der Waals surface area contributed by atoms with Gasteiger partial charge in [-0.2, -0.15) is 13.2 Å². The molecule has 3 aromatic rings. The lowest BCUT2D eigenvalue weighted by atomic mass is 10.1. The maximum Gasteiger partial charge on any atom is 0.418 e. The van der Waals surface area contributed by atoms with Gasteiger partial charge in [0, 0.05) is 17.5 Å². The van der Waals surface area contributed by atoms with Crippen LogP contribution in [0.4, 0.5) is 28.9 Å². The van der Waals surface area contributed by atoms with Gasteiger partial charge in [-0.3, -0.25) is 9.59 Å². The standard InChI is InChI=1S/C23H18F4N2O4S/c1-13-7-9-15(34(2,32)33)12-17(13)22(31)29-20-10-8-14(11-18(20)23(25,26)27)28-21(30)16-5-3-4-6-19(16)24/h3-12H,1-2H3,(H,28,30)(H,29,31). The topological polar surface area (TPSA) is 92.3 Å². The average molecular weight is 494 g/mol. The predicted molar refractivity (Wildman–Crippen MR) is 118 cm³/mol. The van der Waals surface area contributed by atoms with Crippen LogP contribution in [0, 0.1) is 12.7 Å². The van der Waals surface area contributed by atoms with Crippen molar-refractivity contribution in [3.05, 3.63) is 88.7 Å². The quantitative estimate of drug-likeness (QED) is 0.485. The van der Waals surface area contributed by atoms with E-state index in [1.54, 1.807) is 0 Å². The van der Waals surface area contributed by atoms with Gasteiger partial charge in [0.25, 0.3) is 11.8 Å². The summed E-state index contributed by atoms with van der Waals surface area (Å²) in [6, 6.07) is 11.4. The summed E-state index contributed by atoms with van der Waals surface area (Å²) in [6.45, 7) is 1.51. The lowest BCUT2D eigenvalue weighted by Gasteiger charge is -2.17. The highest BCUT2D eigenvalue weighted by Gasteiger charge is 2.34. The van der Waals surface area contributed by atoms with E-state index in [1.165, 1.54) is 37.3 Å². The molecule has 0 fully saturated rings. The van der Waals surface area contributed by atoms with E-state index in [-0.39, 0.29) is 21.7 Å². The van der Waals surface area contributed by atoms with Crippen molar-refractivity contribution in [1.29, 1.82) is 0 Å². The molecular weight excluding hydrogens is 476 g/mol. The molecule has 34 heavy (non-hydrogen) atoms. The Hall–Kier alpha value is -3.73. The van der Waals surface area contributed by atoms with Crippen LogP contribution in [-0.4, -0.2) is 26.5 Å². The van der Waals surface area contributed by atoms with E-state index in [2.05, 4.69) is 10.6 Å². The van der Waals surface area contributed by atoms with Crippen molar-refractivity contribution in [2.24, 2.45) is 0 Å². The number of carbonyl (C=O) groups excluding carboxylic acids is 2. The third-order valence-electron chi connectivity index (χ3n) is 4.83. The van der Waals surface area contributed by atoms with E-state index in [1.807, 2.05) is 0 Å². The van der Waals surface area contributed by atoms with Gasteiger partial charge in [-0.25, -0.2) is 12.8 Å². The number of hydrogen-bond acceptors (Lipinski definition) is 4.